The number of carbonyl (C=O) groups excluding carboxylic acids is 1. The van der Waals surface area contributed by atoms with Crippen molar-refractivity contribution >= 4 is 43.5 Å². The molecule has 106 valence electrons. The van der Waals surface area contributed by atoms with E-state index in [0.717, 1.165) is 4.31 Å². The second-order valence-corrected chi connectivity index (χ2v) is 6.63. The summed E-state index contributed by atoms with van der Waals surface area (Å²) in [5, 5.41) is -0.147. The Balaban J connectivity index is 3.20. The van der Waals surface area contributed by atoms with E-state index in [1.165, 1.54) is 19.4 Å². The quantitative estimate of drug-likeness (QED) is 0.581. The number of aromatic nitrogens is 1. The number of esters is 1. The third-order valence-corrected chi connectivity index (χ3v) is 5.06. The van der Waals surface area contributed by atoms with Gasteiger partial charge in [0.15, 0.2) is 0 Å². The first-order valence-electron chi connectivity index (χ1n) is 5.21. The molecule has 1 aromatic heterocycles. The second kappa shape index (κ2) is 6.65. The average molecular weight is 372 g/mol. The molecule has 1 rings (SSSR count). The summed E-state index contributed by atoms with van der Waals surface area (Å²) in [5.41, 5.74) is 0. The van der Waals surface area contributed by atoms with Crippen molar-refractivity contribution in [2.45, 2.75) is 11.8 Å². The largest absolute Gasteiger partial charge is 0.468 e. The van der Waals surface area contributed by atoms with Gasteiger partial charge in [0.05, 0.1) is 7.11 Å². The normalized spacial score (nSPS) is 11.6. The molecule has 0 N–H and O–H groups in total. The van der Waals surface area contributed by atoms with E-state index in [2.05, 4.69) is 25.7 Å². The van der Waals surface area contributed by atoms with Gasteiger partial charge in [-0.25, -0.2) is 13.4 Å². The number of hydrogen-bond acceptors (Lipinski definition) is 5. The summed E-state index contributed by atoms with van der Waals surface area (Å²) in [7, 11) is -2.71. The number of carbonyl (C=O) groups is 1. The average Bonchev–Trinajstić information content (AvgIpc) is 2.37. The minimum Gasteiger partial charge on any atom is -0.468 e. The molecule has 0 saturated heterocycles. The highest BCUT2D eigenvalue weighted by Gasteiger charge is 2.28. The standard InChI is InChI=1S/C10H12BrClN2O4S/c1-3-14(6-9(15)18-2)19(16,17)8-4-7(11)5-13-10(8)12/h4-5H,3,6H2,1-2H3. The molecule has 0 amide bonds. The van der Waals surface area contributed by atoms with Crippen LogP contribution in [0.5, 0.6) is 0 Å². The van der Waals surface area contributed by atoms with Crippen molar-refractivity contribution in [1.29, 1.82) is 0 Å². The van der Waals surface area contributed by atoms with Crippen LogP contribution in [0.4, 0.5) is 0 Å². The Morgan fingerprint density at radius 2 is 2.21 bits per heavy atom. The molecule has 1 heterocycles. The maximum atomic E-state index is 12.4. The van der Waals surface area contributed by atoms with Gasteiger partial charge in [-0.2, -0.15) is 4.31 Å². The molecule has 6 nitrogen and oxygen atoms in total. The number of pyridine rings is 1. The molecule has 0 atom stereocenters. The van der Waals surface area contributed by atoms with Crippen LogP contribution in [0.15, 0.2) is 21.6 Å². The van der Waals surface area contributed by atoms with E-state index in [4.69, 9.17) is 11.6 Å². The zero-order valence-electron chi connectivity index (χ0n) is 10.3. The molecule has 0 aliphatic rings. The fraction of sp³-hybridized carbons (Fsp3) is 0.400. The van der Waals surface area contributed by atoms with Crippen molar-refractivity contribution in [2.24, 2.45) is 0 Å². The molecule has 0 aliphatic carbocycles. The minimum absolute atomic E-state index is 0.111. The lowest BCUT2D eigenvalue weighted by Gasteiger charge is -2.19. The van der Waals surface area contributed by atoms with Crippen molar-refractivity contribution in [1.82, 2.24) is 9.29 Å². The van der Waals surface area contributed by atoms with Crippen LogP contribution in [0.3, 0.4) is 0 Å². The third kappa shape index (κ3) is 3.88. The molecule has 0 aromatic carbocycles. The van der Waals surface area contributed by atoms with E-state index in [1.54, 1.807) is 6.92 Å². The minimum atomic E-state index is -3.90. The summed E-state index contributed by atoms with van der Waals surface area (Å²) in [6, 6.07) is 1.34. The Bertz CT molecular complexity index is 579. The fourth-order valence-corrected chi connectivity index (χ4v) is 3.61. The lowest BCUT2D eigenvalue weighted by molar-refractivity contribution is -0.140. The van der Waals surface area contributed by atoms with E-state index in [9.17, 15) is 13.2 Å². The Hall–Kier alpha value is -0.700. The van der Waals surface area contributed by atoms with E-state index >= 15 is 0 Å². The lowest BCUT2D eigenvalue weighted by atomic mass is 10.5. The van der Waals surface area contributed by atoms with E-state index in [1.807, 2.05) is 0 Å². The smallest absolute Gasteiger partial charge is 0.321 e. The summed E-state index contributed by atoms with van der Waals surface area (Å²) in [6.45, 7) is 1.35. The molecule has 0 unspecified atom stereocenters. The molecule has 0 spiro atoms. The second-order valence-electron chi connectivity index (χ2n) is 3.45. The molecule has 19 heavy (non-hydrogen) atoms. The van der Waals surface area contributed by atoms with Crippen LogP contribution < -0.4 is 0 Å². The highest BCUT2D eigenvalue weighted by Crippen LogP contribution is 2.25. The van der Waals surface area contributed by atoms with Gasteiger partial charge in [-0.15, -0.1) is 0 Å². The number of likely N-dealkylation sites (N-methyl/N-ethyl adjacent to an activating group) is 1. The number of nitrogens with zero attached hydrogens (tertiary/aromatic N) is 2. The number of sulfonamides is 1. The zero-order chi connectivity index (χ0) is 14.6. The molecule has 1 aromatic rings. The lowest BCUT2D eigenvalue weighted by Crippen LogP contribution is -2.36. The number of ether oxygens (including phenoxy) is 1. The third-order valence-electron chi connectivity index (χ3n) is 2.28. The van der Waals surface area contributed by atoms with Crippen LogP contribution in [0.1, 0.15) is 6.92 Å². The van der Waals surface area contributed by atoms with Crippen molar-refractivity contribution < 1.29 is 17.9 Å². The van der Waals surface area contributed by atoms with Gasteiger partial charge < -0.3 is 4.74 Å². The summed E-state index contributed by atoms with van der Waals surface area (Å²) >= 11 is 8.93. The van der Waals surface area contributed by atoms with Crippen LogP contribution in [-0.4, -0.2) is 43.9 Å². The number of methoxy groups -OCH3 is 1. The maximum Gasteiger partial charge on any atom is 0.321 e. The maximum absolute atomic E-state index is 12.4. The van der Waals surface area contributed by atoms with Crippen LogP contribution in [0.2, 0.25) is 5.15 Å². The van der Waals surface area contributed by atoms with Gasteiger partial charge in [-0.05, 0) is 22.0 Å². The summed E-state index contributed by atoms with van der Waals surface area (Å²) in [4.78, 5) is 14.8. The Morgan fingerprint density at radius 3 is 2.74 bits per heavy atom. The van der Waals surface area contributed by atoms with E-state index in [-0.39, 0.29) is 23.1 Å². The number of halogens is 2. The van der Waals surface area contributed by atoms with Crippen molar-refractivity contribution in [2.75, 3.05) is 20.2 Å². The molecule has 0 bridgehead atoms. The van der Waals surface area contributed by atoms with Gasteiger partial charge >= 0.3 is 5.97 Å². The Morgan fingerprint density at radius 1 is 1.58 bits per heavy atom. The summed E-state index contributed by atoms with van der Waals surface area (Å²) < 4.78 is 30.6. The number of hydrogen-bond donors (Lipinski definition) is 0. The molecule has 0 saturated carbocycles. The first-order chi connectivity index (χ1) is 8.82. The predicted octanol–water partition coefficient (Wildman–Crippen LogP) is 1.68. The van der Waals surface area contributed by atoms with Crippen LogP contribution in [0, 0.1) is 0 Å². The molecule has 0 fully saturated rings. The highest BCUT2D eigenvalue weighted by molar-refractivity contribution is 9.10. The molecular weight excluding hydrogens is 360 g/mol. The SMILES string of the molecule is CCN(CC(=O)OC)S(=O)(=O)c1cc(Br)cnc1Cl. The summed E-state index contributed by atoms with van der Waals surface area (Å²) in [5.74, 6) is -0.649. The first kappa shape index (κ1) is 16.4. The van der Waals surface area contributed by atoms with Gasteiger partial charge in [-0.1, -0.05) is 18.5 Å². The Kier molecular flexibility index (Phi) is 5.72. The monoisotopic (exact) mass is 370 g/mol. The van der Waals surface area contributed by atoms with Gasteiger partial charge in [-0.3, -0.25) is 4.79 Å². The van der Waals surface area contributed by atoms with Crippen molar-refractivity contribution in [3.63, 3.8) is 0 Å². The highest BCUT2D eigenvalue weighted by atomic mass is 79.9. The van der Waals surface area contributed by atoms with Gasteiger partial charge in [0.1, 0.15) is 16.6 Å². The van der Waals surface area contributed by atoms with Crippen LogP contribution in [-0.2, 0) is 19.6 Å². The molecule has 9 heteroatoms. The van der Waals surface area contributed by atoms with Crippen LogP contribution in [0.25, 0.3) is 0 Å². The topological polar surface area (TPSA) is 76.6 Å². The van der Waals surface area contributed by atoms with Crippen molar-refractivity contribution in [3.8, 4) is 0 Å². The molecular formula is C10H12BrClN2O4S. The molecule has 0 radical (unpaired) electrons. The van der Waals surface area contributed by atoms with Gasteiger partial charge in [0, 0.05) is 17.2 Å². The van der Waals surface area contributed by atoms with E-state index in [0.29, 0.717) is 4.47 Å². The molecule has 0 aliphatic heterocycles. The summed E-state index contributed by atoms with van der Waals surface area (Å²) in [6.07, 6.45) is 1.39. The predicted molar refractivity (Wildman–Crippen MR) is 73.4 cm³/mol. The zero-order valence-corrected chi connectivity index (χ0v) is 13.4. The van der Waals surface area contributed by atoms with Crippen LogP contribution >= 0.6 is 27.5 Å². The van der Waals surface area contributed by atoms with Gasteiger partial charge in [0.25, 0.3) is 0 Å². The van der Waals surface area contributed by atoms with E-state index < -0.39 is 16.0 Å². The van der Waals surface area contributed by atoms with Gasteiger partial charge in [0.2, 0.25) is 10.0 Å². The number of rotatable bonds is 5. The Labute approximate surface area is 124 Å². The fourth-order valence-electron chi connectivity index (χ4n) is 1.30. The first-order valence-corrected chi connectivity index (χ1v) is 7.82. The van der Waals surface area contributed by atoms with Crippen molar-refractivity contribution in [3.05, 3.63) is 21.9 Å².